The Morgan fingerprint density at radius 1 is 1.58 bits per heavy atom. The number of esters is 1. The number of hydrogen-bond donors (Lipinski definition) is 1. The molecule has 0 saturated heterocycles. The lowest BCUT2D eigenvalue weighted by Crippen LogP contribution is -2.02. The second kappa shape index (κ2) is 4.24. The highest BCUT2D eigenvalue weighted by atomic mass is 32.1. The van der Waals surface area contributed by atoms with Crippen molar-refractivity contribution in [3.05, 3.63) is 28.8 Å². The number of carbonyl (C=O) groups excluding carboxylic acids is 1. The van der Waals surface area contributed by atoms with Gasteiger partial charge in [-0.2, -0.15) is 0 Å². The fraction of sp³-hybridized carbons (Fsp3) is 0.231. The molecule has 3 heterocycles. The zero-order valence-electron chi connectivity index (χ0n) is 10.5. The Kier molecular flexibility index (Phi) is 2.67. The zero-order chi connectivity index (χ0) is 13.6. The van der Waals surface area contributed by atoms with Gasteiger partial charge in [-0.1, -0.05) is 0 Å². The van der Waals surface area contributed by atoms with Crippen molar-refractivity contribution in [2.75, 3.05) is 6.61 Å². The molecule has 19 heavy (non-hydrogen) atoms. The molecule has 0 fully saturated rings. The summed E-state index contributed by atoms with van der Waals surface area (Å²) in [7, 11) is 0. The molecule has 3 aromatic heterocycles. The molecule has 0 saturated carbocycles. The van der Waals surface area contributed by atoms with E-state index in [1.807, 2.05) is 29.7 Å². The van der Waals surface area contributed by atoms with Crippen LogP contribution < -0.4 is 0 Å². The molecule has 0 aliphatic rings. The van der Waals surface area contributed by atoms with Gasteiger partial charge in [0.2, 0.25) is 0 Å². The third-order valence-corrected chi connectivity index (χ3v) is 3.98. The molecule has 0 bridgehead atoms. The Morgan fingerprint density at radius 3 is 3.11 bits per heavy atom. The standard InChI is InChI=1S/C13H12N2O3S/c1-3-18-13(17)11-10(16)9-12(19-11)15-5-4-7(2)6-8(15)14-9/h4-6,16H,3H2,1-2H3. The van der Waals surface area contributed by atoms with Gasteiger partial charge in [0, 0.05) is 6.20 Å². The number of aromatic hydroxyl groups is 1. The van der Waals surface area contributed by atoms with Gasteiger partial charge in [0.1, 0.15) is 16.0 Å². The van der Waals surface area contributed by atoms with Crippen molar-refractivity contribution in [1.29, 1.82) is 0 Å². The smallest absolute Gasteiger partial charge is 0.352 e. The molecule has 0 amide bonds. The van der Waals surface area contributed by atoms with E-state index < -0.39 is 5.97 Å². The monoisotopic (exact) mass is 276 g/mol. The maximum absolute atomic E-state index is 11.7. The highest BCUT2D eigenvalue weighted by Crippen LogP contribution is 2.37. The van der Waals surface area contributed by atoms with Gasteiger partial charge in [-0.25, -0.2) is 9.78 Å². The number of hydrogen-bond acceptors (Lipinski definition) is 5. The lowest BCUT2D eigenvalue weighted by molar-refractivity contribution is 0.0529. The van der Waals surface area contributed by atoms with Crippen LogP contribution in [0.2, 0.25) is 0 Å². The molecule has 0 spiro atoms. The molecule has 0 aliphatic carbocycles. The van der Waals surface area contributed by atoms with Gasteiger partial charge in [0.25, 0.3) is 0 Å². The van der Waals surface area contributed by atoms with Crippen LogP contribution in [0.5, 0.6) is 5.75 Å². The summed E-state index contributed by atoms with van der Waals surface area (Å²) in [5.41, 5.74) is 2.29. The molecule has 0 aromatic carbocycles. The van der Waals surface area contributed by atoms with Crippen molar-refractivity contribution >= 4 is 33.3 Å². The first kappa shape index (κ1) is 12.0. The Labute approximate surface area is 113 Å². The zero-order valence-corrected chi connectivity index (χ0v) is 11.3. The number of aromatic nitrogens is 2. The van der Waals surface area contributed by atoms with Crippen molar-refractivity contribution in [3.8, 4) is 5.75 Å². The van der Waals surface area contributed by atoms with Gasteiger partial charge < -0.3 is 9.84 Å². The minimum atomic E-state index is -0.510. The average Bonchev–Trinajstić information content (AvgIpc) is 2.87. The van der Waals surface area contributed by atoms with E-state index in [-0.39, 0.29) is 17.2 Å². The van der Waals surface area contributed by atoms with E-state index in [0.717, 1.165) is 16.0 Å². The summed E-state index contributed by atoms with van der Waals surface area (Å²) in [6.45, 7) is 3.99. The number of fused-ring (bicyclic) bond motifs is 3. The first-order chi connectivity index (χ1) is 9.11. The second-order valence-corrected chi connectivity index (χ2v) is 5.20. The molecule has 0 unspecified atom stereocenters. The van der Waals surface area contributed by atoms with Crippen LogP contribution in [0.1, 0.15) is 22.2 Å². The molecule has 1 N–H and O–H groups in total. The van der Waals surface area contributed by atoms with Crippen LogP contribution in [0, 0.1) is 6.92 Å². The van der Waals surface area contributed by atoms with E-state index in [2.05, 4.69) is 4.98 Å². The first-order valence-corrected chi connectivity index (χ1v) is 6.70. The van der Waals surface area contributed by atoms with Crippen molar-refractivity contribution in [1.82, 2.24) is 9.38 Å². The molecular weight excluding hydrogens is 264 g/mol. The predicted octanol–water partition coefficient (Wildman–Crippen LogP) is 2.74. The van der Waals surface area contributed by atoms with E-state index in [4.69, 9.17) is 4.74 Å². The topological polar surface area (TPSA) is 63.8 Å². The minimum Gasteiger partial charge on any atom is -0.504 e. The summed E-state index contributed by atoms with van der Waals surface area (Å²) in [5.74, 6) is -0.608. The summed E-state index contributed by atoms with van der Waals surface area (Å²) in [4.78, 5) is 17.0. The molecule has 3 rings (SSSR count). The normalized spacial score (nSPS) is 11.3. The van der Waals surface area contributed by atoms with Crippen LogP contribution in [0.15, 0.2) is 18.3 Å². The van der Waals surface area contributed by atoms with Crippen LogP contribution in [-0.2, 0) is 4.74 Å². The van der Waals surface area contributed by atoms with E-state index >= 15 is 0 Å². The lowest BCUT2D eigenvalue weighted by atomic mass is 10.3. The fourth-order valence-electron chi connectivity index (χ4n) is 1.96. The number of carbonyl (C=O) groups is 1. The van der Waals surface area contributed by atoms with Crippen LogP contribution in [0.4, 0.5) is 0 Å². The van der Waals surface area contributed by atoms with Crippen molar-refractivity contribution in [3.63, 3.8) is 0 Å². The molecular formula is C13H12N2O3S. The van der Waals surface area contributed by atoms with Crippen molar-refractivity contribution in [2.45, 2.75) is 13.8 Å². The second-order valence-electron chi connectivity index (χ2n) is 4.20. The molecule has 0 atom stereocenters. The van der Waals surface area contributed by atoms with Gasteiger partial charge in [0.15, 0.2) is 10.6 Å². The summed E-state index contributed by atoms with van der Waals surface area (Å²) in [6, 6.07) is 3.88. The largest absolute Gasteiger partial charge is 0.504 e. The number of thiophene rings is 1. The Morgan fingerprint density at radius 2 is 2.37 bits per heavy atom. The van der Waals surface area contributed by atoms with Crippen molar-refractivity contribution < 1.29 is 14.6 Å². The maximum Gasteiger partial charge on any atom is 0.352 e. The summed E-state index contributed by atoms with van der Waals surface area (Å²) in [6.07, 6.45) is 1.88. The molecule has 5 nitrogen and oxygen atoms in total. The van der Waals surface area contributed by atoms with Crippen LogP contribution in [-0.4, -0.2) is 27.1 Å². The van der Waals surface area contributed by atoms with E-state index in [1.165, 1.54) is 11.3 Å². The average molecular weight is 276 g/mol. The van der Waals surface area contributed by atoms with Crippen molar-refractivity contribution in [2.24, 2.45) is 0 Å². The number of imidazole rings is 1. The van der Waals surface area contributed by atoms with Gasteiger partial charge in [-0.3, -0.25) is 4.40 Å². The lowest BCUT2D eigenvalue weighted by Gasteiger charge is -1.98. The van der Waals surface area contributed by atoms with Crippen LogP contribution >= 0.6 is 11.3 Å². The quantitative estimate of drug-likeness (QED) is 0.731. The molecule has 0 aliphatic heterocycles. The van der Waals surface area contributed by atoms with Crippen LogP contribution in [0.25, 0.3) is 16.0 Å². The van der Waals surface area contributed by atoms with Gasteiger partial charge in [-0.05, 0) is 31.5 Å². The van der Waals surface area contributed by atoms with Gasteiger partial charge in [-0.15, -0.1) is 11.3 Å². The number of ether oxygens (including phenoxy) is 1. The molecule has 98 valence electrons. The van der Waals surface area contributed by atoms with Crippen LogP contribution in [0.3, 0.4) is 0 Å². The van der Waals surface area contributed by atoms with E-state index in [1.54, 1.807) is 6.92 Å². The highest BCUT2D eigenvalue weighted by molar-refractivity contribution is 7.20. The molecule has 6 heteroatoms. The number of rotatable bonds is 2. The molecule has 0 radical (unpaired) electrons. The maximum atomic E-state index is 11.7. The van der Waals surface area contributed by atoms with Gasteiger partial charge >= 0.3 is 5.97 Å². The summed E-state index contributed by atoms with van der Waals surface area (Å²) in [5, 5.41) is 10.1. The minimum absolute atomic E-state index is 0.0974. The van der Waals surface area contributed by atoms with E-state index in [0.29, 0.717) is 5.52 Å². The number of aryl methyl sites for hydroxylation is 1. The fourth-order valence-corrected chi connectivity index (χ4v) is 2.98. The highest BCUT2D eigenvalue weighted by Gasteiger charge is 2.22. The Hall–Kier alpha value is -2.08. The Balaban J connectivity index is 2.25. The predicted molar refractivity (Wildman–Crippen MR) is 72.9 cm³/mol. The van der Waals surface area contributed by atoms with E-state index in [9.17, 15) is 9.90 Å². The third kappa shape index (κ3) is 1.76. The first-order valence-electron chi connectivity index (χ1n) is 5.89. The summed E-state index contributed by atoms with van der Waals surface area (Å²) >= 11 is 1.19. The summed E-state index contributed by atoms with van der Waals surface area (Å²) < 4.78 is 6.77. The van der Waals surface area contributed by atoms with Gasteiger partial charge in [0.05, 0.1) is 6.61 Å². The molecule has 3 aromatic rings. The number of nitrogens with zero attached hydrogens (tertiary/aromatic N) is 2. The SMILES string of the molecule is CCOC(=O)c1sc2c(nc3cc(C)ccn32)c1O. The Bertz CT molecular complexity index is 788. The third-order valence-electron chi connectivity index (χ3n) is 2.84. The number of pyridine rings is 1.